The lowest BCUT2D eigenvalue weighted by molar-refractivity contribution is 0.0442. The molecule has 0 bridgehead atoms. The molecule has 0 radical (unpaired) electrons. The number of aromatic amines is 1. The molecule has 1 aromatic carbocycles. The number of piperazine rings is 1. The van der Waals surface area contributed by atoms with Crippen LogP contribution in [0, 0.1) is 6.92 Å². The molecule has 0 amide bonds. The van der Waals surface area contributed by atoms with Crippen molar-refractivity contribution in [1.82, 2.24) is 40.1 Å². The van der Waals surface area contributed by atoms with Crippen molar-refractivity contribution >= 4 is 16.9 Å². The lowest BCUT2D eigenvalue weighted by Gasteiger charge is -2.26. The molecule has 1 fully saturated rings. The number of carbonyl (C=O) groups is 1. The van der Waals surface area contributed by atoms with Crippen LogP contribution in [-0.4, -0.2) is 80.1 Å². The van der Waals surface area contributed by atoms with Crippen LogP contribution in [0.25, 0.3) is 44.7 Å². The van der Waals surface area contributed by atoms with Gasteiger partial charge in [-0.05, 0) is 37.3 Å². The zero-order valence-electron chi connectivity index (χ0n) is 21.6. The Morgan fingerprint density at radius 2 is 1.74 bits per heavy atom. The standard InChI is InChI=1S/C29H28N8O2/c1-19-3-2-4-25(36-19)27-26(34-18-35-27)20-5-6-24-21(13-20)14-22(15-31-24)23-16-32-28(33-17-23)29(38)39-12-11-37-9-7-30-8-10-37/h2-6,13-18,30H,7-12H2,1H3,(H,34,35). The highest BCUT2D eigenvalue weighted by molar-refractivity contribution is 5.89. The van der Waals surface area contributed by atoms with Crippen LogP contribution in [0.3, 0.4) is 0 Å². The molecule has 4 aromatic heterocycles. The van der Waals surface area contributed by atoms with Gasteiger partial charge in [0.15, 0.2) is 0 Å². The fourth-order valence-corrected chi connectivity index (χ4v) is 4.68. The second kappa shape index (κ2) is 11.1. The quantitative estimate of drug-likeness (QED) is 0.310. The van der Waals surface area contributed by atoms with E-state index in [1.807, 2.05) is 43.3 Å². The minimum absolute atomic E-state index is 0.0471. The van der Waals surface area contributed by atoms with Crippen molar-refractivity contribution in [3.63, 3.8) is 0 Å². The average molecular weight is 521 g/mol. The molecule has 0 aliphatic carbocycles. The van der Waals surface area contributed by atoms with Gasteiger partial charge in [0, 0.05) is 79.1 Å². The van der Waals surface area contributed by atoms with E-state index in [2.05, 4.69) is 46.2 Å². The third kappa shape index (κ3) is 5.52. The first-order chi connectivity index (χ1) is 19.1. The Morgan fingerprint density at radius 1 is 0.949 bits per heavy atom. The molecule has 10 heteroatoms. The van der Waals surface area contributed by atoms with Crippen LogP contribution >= 0.6 is 0 Å². The smallest absolute Gasteiger partial charge is 0.376 e. The van der Waals surface area contributed by atoms with Gasteiger partial charge in [0.2, 0.25) is 5.82 Å². The number of carbonyl (C=O) groups excluding carboxylic acids is 1. The van der Waals surface area contributed by atoms with Gasteiger partial charge in [-0.15, -0.1) is 0 Å². The van der Waals surface area contributed by atoms with Gasteiger partial charge >= 0.3 is 5.97 Å². The minimum Gasteiger partial charge on any atom is -0.458 e. The summed E-state index contributed by atoms with van der Waals surface area (Å²) in [5, 5.41) is 4.26. The number of aromatic nitrogens is 6. The Bertz CT molecular complexity index is 1610. The maximum Gasteiger partial charge on any atom is 0.376 e. The molecular weight excluding hydrogens is 492 g/mol. The first kappa shape index (κ1) is 24.8. The van der Waals surface area contributed by atoms with Crippen molar-refractivity contribution in [2.45, 2.75) is 6.92 Å². The molecule has 1 aliphatic heterocycles. The van der Waals surface area contributed by atoms with Crippen LogP contribution in [-0.2, 0) is 4.74 Å². The largest absolute Gasteiger partial charge is 0.458 e. The number of rotatable bonds is 7. The lowest BCUT2D eigenvalue weighted by atomic mass is 10.0. The molecule has 5 heterocycles. The number of pyridine rings is 2. The highest BCUT2D eigenvalue weighted by Crippen LogP contribution is 2.31. The van der Waals surface area contributed by atoms with E-state index in [0.717, 1.165) is 76.5 Å². The lowest BCUT2D eigenvalue weighted by Crippen LogP contribution is -2.44. The van der Waals surface area contributed by atoms with Crippen LogP contribution in [0.2, 0.25) is 0 Å². The Morgan fingerprint density at radius 3 is 2.56 bits per heavy atom. The fourth-order valence-electron chi connectivity index (χ4n) is 4.68. The van der Waals surface area contributed by atoms with Gasteiger partial charge in [-0.2, -0.15) is 0 Å². The number of imidazole rings is 1. The zero-order valence-corrected chi connectivity index (χ0v) is 21.6. The van der Waals surface area contributed by atoms with Gasteiger partial charge in [-0.25, -0.2) is 19.7 Å². The summed E-state index contributed by atoms with van der Waals surface area (Å²) in [7, 11) is 0. The third-order valence-corrected chi connectivity index (χ3v) is 6.76. The first-order valence-electron chi connectivity index (χ1n) is 12.9. The van der Waals surface area contributed by atoms with Crippen LogP contribution in [0.4, 0.5) is 0 Å². The molecule has 0 saturated carbocycles. The number of nitrogens with zero attached hydrogens (tertiary/aromatic N) is 6. The normalized spacial score (nSPS) is 14.0. The Hall–Kier alpha value is -4.54. The minimum atomic E-state index is -0.518. The van der Waals surface area contributed by atoms with Gasteiger partial charge < -0.3 is 15.0 Å². The van der Waals surface area contributed by atoms with E-state index in [-0.39, 0.29) is 5.82 Å². The van der Waals surface area contributed by atoms with Gasteiger partial charge in [0.1, 0.15) is 6.61 Å². The Labute approximate surface area is 225 Å². The molecule has 10 nitrogen and oxygen atoms in total. The Kier molecular flexibility index (Phi) is 7.03. The summed E-state index contributed by atoms with van der Waals surface area (Å²) >= 11 is 0. The fraction of sp³-hybridized carbons (Fsp3) is 0.241. The second-order valence-electron chi connectivity index (χ2n) is 9.44. The van der Waals surface area contributed by atoms with Crippen molar-refractivity contribution in [1.29, 1.82) is 0 Å². The van der Waals surface area contributed by atoms with Crippen LogP contribution in [0.1, 0.15) is 16.3 Å². The van der Waals surface area contributed by atoms with Gasteiger partial charge in [-0.3, -0.25) is 14.9 Å². The molecule has 39 heavy (non-hydrogen) atoms. The predicted molar refractivity (Wildman–Crippen MR) is 148 cm³/mol. The number of hydrogen-bond donors (Lipinski definition) is 2. The first-order valence-corrected chi connectivity index (χ1v) is 12.9. The monoisotopic (exact) mass is 520 g/mol. The highest BCUT2D eigenvalue weighted by atomic mass is 16.5. The molecule has 196 valence electrons. The van der Waals surface area contributed by atoms with E-state index >= 15 is 0 Å². The maximum atomic E-state index is 12.4. The maximum absolute atomic E-state index is 12.4. The van der Waals surface area contributed by atoms with E-state index in [1.165, 1.54) is 0 Å². The summed E-state index contributed by atoms with van der Waals surface area (Å²) in [5.74, 6) is -0.471. The number of fused-ring (bicyclic) bond motifs is 1. The van der Waals surface area contributed by atoms with Crippen LogP contribution in [0.5, 0.6) is 0 Å². The van der Waals surface area contributed by atoms with Gasteiger partial charge in [0.25, 0.3) is 0 Å². The summed E-state index contributed by atoms with van der Waals surface area (Å²) in [4.78, 5) is 40.2. The highest BCUT2D eigenvalue weighted by Gasteiger charge is 2.15. The number of hydrogen-bond acceptors (Lipinski definition) is 9. The van der Waals surface area contributed by atoms with E-state index in [4.69, 9.17) is 4.74 Å². The number of H-pyrrole nitrogens is 1. The van der Waals surface area contributed by atoms with E-state index in [9.17, 15) is 4.79 Å². The molecule has 2 N–H and O–H groups in total. The topological polar surface area (TPSA) is 122 Å². The average Bonchev–Trinajstić information content (AvgIpc) is 3.47. The Balaban J connectivity index is 1.19. The second-order valence-corrected chi connectivity index (χ2v) is 9.44. The molecule has 0 spiro atoms. The van der Waals surface area contributed by atoms with E-state index in [1.54, 1.807) is 24.9 Å². The summed E-state index contributed by atoms with van der Waals surface area (Å²) in [6, 6.07) is 14.0. The predicted octanol–water partition coefficient (Wildman–Crippen LogP) is 3.51. The summed E-state index contributed by atoms with van der Waals surface area (Å²) in [6.07, 6.45) is 6.72. The van der Waals surface area contributed by atoms with Crippen molar-refractivity contribution in [3.8, 4) is 33.8 Å². The molecule has 1 saturated heterocycles. The number of esters is 1. The number of ether oxygens (including phenoxy) is 1. The number of nitrogens with one attached hydrogen (secondary N) is 2. The van der Waals surface area contributed by atoms with Crippen LogP contribution < -0.4 is 5.32 Å². The van der Waals surface area contributed by atoms with Crippen molar-refractivity contribution in [3.05, 3.63) is 78.9 Å². The van der Waals surface area contributed by atoms with E-state index in [0.29, 0.717) is 13.2 Å². The molecule has 1 aliphatic rings. The molecule has 5 aromatic rings. The van der Waals surface area contributed by atoms with Gasteiger partial charge in [0.05, 0.1) is 28.9 Å². The SMILES string of the molecule is Cc1cccc(-c2[nH]cnc2-c2ccc3ncc(-c4cnc(C(=O)OCCN5CCNCC5)nc4)cc3c2)n1. The van der Waals surface area contributed by atoms with Crippen LogP contribution in [0.15, 0.2) is 67.4 Å². The zero-order chi connectivity index (χ0) is 26.6. The summed E-state index contributed by atoms with van der Waals surface area (Å²) in [6.45, 7) is 6.82. The van der Waals surface area contributed by atoms with Crippen molar-refractivity contribution in [2.75, 3.05) is 39.3 Å². The molecular formula is C29H28N8O2. The summed E-state index contributed by atoms with van der Waals surface area (Å²) in [5.41, 5.74) is 6.90. The van der Waals surface area contributed by atoms with Crippen molar-refractivity contribution < 1.29 is 9.53 Å². The molecule has 0 unspecified atom stereocenters. The molecule has 6 rings (SSSR count). The number of benzene rings is 1. The molecule has 0 atom stereocenters. The summed E-state index contributed by atoms with van der Waals surface area (Å²) < 4.78 is 5.38. The van der Waals surface area contributed by atoms with Gasteiger partial charge in [-0.1, -0.05) is 12.1 Å². The van der Waals surface area contributed by atoms with Crippen molar-refractivity contribution in [2.24, 2.45) is 0 Å². The third-order valence-electron chi connectivity index (χ3n) is 6.76. The van der Waals surface area contributed by atoms with E-state index < -0.39 is 5.97 Å². The number of aryl methyl sites for hydroxylation is 1.